The maximum atomic E-state index is 13.3. The maximum absolute atomic E-state index is 13.3. The summed E-state index contributed by atoms with van der Waals surface area (Å²) in [4.78, 5) is 0.235. The van der Waals surface area contributed by atoms with Gasteiger partial charge in [-0.15, -0.1) is 11.3 Å². The standard InChI is InChI=1S/C27H24F3NO4S/c1-13-12-26(2,3)31-16-6-5-15-22(21(13)16)19(35-18-8-7-17(32)24(34-4)23(15)18)11-20-14(9-10-36-20)25(33)27(28,29)30/h5-12,25,31-33H,1-4H3/b19-11-/t25-/m0/s1. The van der Waals surface area contributed by atoms with Gasteiger partial charge in [-0.1, -0.05) is 12.1 Å². The van der Waals surface area contributed by atoms with Crippen molar-refractivity contribution in [2.45, 2.75) is 38.6 Å². The third-order valence-electron chi connectivity index (χ3n) is 6.27. The average molecular weight is 516 g/mol. The van der Waals surface area contributed by atoms with Crippen molar-refractivity contribution < 1.29 is 32.9 Å². The first-order chi connectivity index (χ1) is 16.9. The van der Waals surface area contributed by atoms with Crippen LogP contribution in [0.3, 0.4) is 0 Å². The number of allylic oxidation sites excluding steroid dienone is 1. The van der Waals surface area contributed by atoms with E-state index in [0.717, 1.165) is 28.2 Å². The van der Waals surface area contributed by atoms with Crippen LogP contribution in [0, 0.1) is 0 Å². The van der Waals surface area contributed by atoms with Crippen molar-refractivity contribution in [2.75, 3.05) is 12.4 Å². The molecular weight excluding hydrogens is 491 g/mol. The third kappa shape index (κ3) is 3.92. The van der Waals surface area contributed by atoms with Crippen LogP contribution in [0.25, 0.3) is 28.5 Å². The number of anilines is 1. The first kappa shape index (κ1) is 24.3. The fourth-order valence-corrected chi connectivity index (χ4v) is 5.77. The van der Waals surface area contributed by atoms with E-state index in [2.05, 4.69) is 11.4 Å². The summed E-state index contributed by atoms with van der Waals surface area (Å²) in [5, 5.41) is 25.4. The fraction of sp³-hybridized carbons (Fsp3) is 0.259. The van der Waals surface area contributed by atoms with Crippen LogP contribution in [0.4, 0.5) is 18.9 Å². The molecule has 2 aromatic carbocycles. The van der Waals surface area contributed by atoms with Crippen molar-refractivity contribution >= 4 is 34.4 Å². The summed E-state index contributed by atoms with van der Waals surface area (Å²) in [5.74, 6) is 0.900. The number of hydrogen-bond donors (Lipinski definition) is 3. The number of thiophene rings is 1. The van der Waals surface area contributed by atoms with Crippen LogP contribution < -0.4 is 14.8 Å². The first-order valence-electron chi connectivity index (χ1n) is 11.2. The highest BCUT2D eigenvalue weighted by Crippen LogP contribution is 2.54. The molecule has 3 heterocycles. The summed E-state index contributed by atoms with van der Waals surface area (Å²) in [6.07, 6.45) is -3.81. The number of ether oxygens (including phenoxy) is 2. The molecule has 3 aromatic rings. The van der Waals surface area contributed by atoms with E-state index in [1.807, 2.05) is 32.9 Å². The summed E-state index contributed by atoms with van der Waals surface area (Å²) in [6.45, 7) is 6.05. The summed E-state index contributed by atoms with van der Waals surface area (Å²) in [6, 6.07) is 8.12. The predicted molar refractivity (Wildman–Crippen MR) is 135 cm³/mol. The Morgan fingerprint density at radius 2 is 1.86 bits per heavy atom. The van der Waals surface area contributed by atoms with Crippen LogP contribution in [-0.2, 0) is 0 Å². The van der Waals surface area contributed by atoms with Crippen LogP contribution in [-0.4, -0.2) is 29.0 Å². The highest BCUT2D eigenvalue weighted by molar-refractivity contribution is 7.11. The second kappa shape index (κ2) is 8.31. The molecule has 5 rings (SSSR count). The van der Waals surface area contributed by atoms with Gasteiger partial charge in [-0.3, -0.25) is 0 Å². The Morgan fingerprint density at radius 1 is 1.11 bits per heavy atom. The Labute approximate surface area is 210 Å². The quantitative estimate of drug-likeness (QED) is 0.344. The molecule has 0 bridgehead atoms. The Bertz CT molecular complexity index is 1440. The van der Waals surface area contributed by atoms with E-state index in [1.54, 1.807) is 6.07 Å². The molecule has 0 fully saturated rings. The van der Waals surface area contributed by atoms with Gasteiger partial charge in [0.2, 0.25) is 0 Å². The number of phenols is 1. The number of hydrogen-bond acceptors (Lipinski definition) is 6. The van der Waals surface area contributed by atoms with E-state index < -0.39 is 12.3 Å². The number of rotatable bonds is 3. The van der Waals surface area contributed by atoms with Gasteiger partial charge in [0.15, 0.2) is 17.6 Å². The molecule has 5 nitrogen and oxygen atoms in total. The molecule has 9 heteroatoms. The van der Waals surface area contributed by atoms with Crippen molar-refractivity contribution in [1.82, 2.24) is 0 Å². The molecule has 0 saturated carbocycles. The van der Waals surface area contributed by atoms with Gasteiger partial charge in [0.05, 0.1) is 18.2 Å². The van der Waals surface area contributed by atoms with E-state index in [9.17, 15) is 23.4 Å². The molecule has 0 unspecified atom stereocenters. The lowest BCUT2D eigenvalue weighted by molar-refractivity contribution is -0.206. The maximum Gasteiger partial charge on any atom is 0.418 e. The minimum atomic E-state index is -4.80. The lowest BCUT2D eigenvalue weighted by atomic mass is 9.83. The number of methoxy groups -OCH3 is 1. The van der Waals surface area contributed by atoms with Gasteiger partial charge in [0, 0.05) is 32.8 Å². The normalized spacial score (nSPS) is 17.8. The number of aliphatic hydroxyl groups excluding tert-OH is 1. The summed E-state index contributed by atoms with van der Waals surface area (Å²) in [5.41, 5.74) is 4.00. The predicted octanol–water partition coefficient (Wildman–Crippen LogP) is 7.22. The minimum Gasteiger partial charge on any atom is -0.504 e. The SMILES string of the molecule is COc1c(O)ccc2c1-c1ccc3c(c1/C(=C/c1sccc1[C@H](O)C(F)(F)F)O2)C(C)=CC(C)(C)N3. The lowest BCUT2D eigenvalue weighted by Gasteiger charge is -2.35. The van der Waals surface area contributed by atoms with Crippen molar-refractivity contribution in [3.8, 4) is 28.4 Å². The van der Waals surface area contributed by atoms with Gasteiger partial charge in [-0.05, 0) is 62.1 Å². The van der Waals surface area contributed by atoms with Crippen LogP contribution in [0.1, 0.15) is 48.4 Å². The van der Waals surface area contributed by atoms with E-state index in [-0.39, 0.29) is 27.5 Å². The molecule has 0 amide bonds. The van der Waals surface area contributed by atoms with E-state index in [4.69, 9.17) is 9.47 Å². The zero-order valence-corrected chi connectivity index (χ0v) is 20.8. The Balaban J connectivity index is 1.79. The van der Waals surface area contributed by atoms with E-state index >= 15 is 0 Å². The molecular formula is C27H24F3NO4S. The van der Waals surface area contributed by atoms with Gasteiger partial charge < -0.3 is 25.0 Å². The number of aliphatic hydroxyl groups is 1. The van der Waals surface area contributed by atoms with Gasteiger partial charge in [0.25, 0.3) is 0 Å². The molecule has 188 valence electrons. The summed E-state index contributed by atoms with van der Waals surface area (Å²) >= 11 is 1.08. The second-order valence-corrected chi connectivity index (χ2v) is 10.3. The van der Waals surface area contributed by atoms with E-state index in [1.165, 1.54) is 30.7 Å². The number of aromatic hydroxyl groups is 1. The lowest BCUT2D eigenvalue weighted by Crippen LogP contribution is -2.32. The number of fused-ring (bicyclic) bond motifs is 5. The molecule has 1 atom stereocenters. The molecule has 1 aromatic heterocycles. The number of alkyl halides is 3. The molecule has 3 N–H and O–H groups in total. The van der Waals surface area contributed by atoms with Gasteiger partial charge in [-0.2, -0.15) is 13.2 Å². The average Bonchev–Trinajstić information content (AvgIpc) is 3.24. The fourth-order valence-electron chi connectivity index (χ4n) is 4.92. The smallest absolute Gasteiger partial charge is 0.418 e. The van der Waals surface area contributed by atoms with Crippen LogP contribution >= 0.6 is 11.3 Å². The van der Waals surface area contributed by atoms with E-state index in [0.29, 0.717) is 28.2 Å². The van der Waals surface area contributed by atoms with Gasteiger partial charge in [0.1, 0.15) is 11.5 Å². The van der Waals surface area contributed by atoms with Gasteiger partial charge in [-0.25, -0.2) is 0 Å². The highest BCUT2D eigenvalue weighted by atomic mass is 32.1. The second-order valence-electron chi connectivity index (χ2n) is 9.37. The van der Waals surface area contributed by atoms with Crippen molar-refractivity contribution in [1.29, 1.82) is 0 Å². The number of nitrogens with one attached hydrogen (secondary N) is 1. The zero-order valence-electron chi connectivity index (χ0n) is 19.9. The number of phenolic OH excluding ortho intramolecular Hbond substituents is 1. The Kier molecular flexibility index (Phi) is 5.61. The third-order valence-corrected chi connectivity index (χ3v) is 7.15. The van der Waals surface area contributed by atoms with Crippen molar-refractivity contribution in [2.24, 2.45) is 0 Å². The molecule has 0 radical (unpaired) electrons. The largest absolute Gasteiger partial charge is 0.504 e. The van der Waals surface area contributed by atoms with Crippen LogP contribution in [0.5, 0.6) is 17.2 Å². The van der Waals surface area contributed by atoms with Crippen LogP contribution in [0.2, 0.25) is 0 Å². The first-order valence-corrected chi connectivity index (χ1v) is 12.1. The van der Waals surface area contributed by atoms with Crippen molar-refractivity contribution in [3.63, 3.8) is 0 Å². The molecule has 0 saturated heterocycles. The molecule has 0 aliphatic carbocycles. The summed E-state index contributed by atoms with van der Waals surface area (Å²) < 4.78 is 51.8. The molecule has 2 aliphatic rings. The number of benzene rings is 2. The van der Waals surface area contributed by atoms with Gasteiger partial charge >= 0.3 is 6.18 Å². The minimum absolute atomic E-state index is 0.0590. The topological polar surface area (TPSA) is 71.0 Å². The Morgan fingerprint density at radius 3 is 2.56 bits per heavy atom. The monoisotopic (exact) mass is 515 g/mol. The highest BCUT2D eigenvalue weighted by Gasteiger charge is 2.41. The number of halogens is 3. The zero-order chi connectivity index (χ0) is 26.0. The van der Waals surface area contributed by atoms with Crippen molar-refractivity contribution in [3.05, 3.63) is 63.4 Å². The Hall–Kier alpha value is -3.43. The van der Waals surface area contributed by atoms with Crippen LogP contribution in [0.15, 0.2) is 41.8 Å². The molecule has 36 heavy (non-hydrogen) atoms. The molecule has 0 spiro atoms. The molecule has 2 aliphatic heterocycles. The summed E-state index contributed by atoms with van der Waals surface area (Å²) in [7, 11) is 1.45.